The monoisotopic (exact) mass is 303 g/mol. The van der Waals surface area contributed by atoms with E-state index in [9.17, 15) is 4.79 Å². The zero-order chi connectivity index (χ0) is 15.0. The lowest BCUT2D eigenvalue weighted by atomic mass is 10.1. The molecule has 0 unspecified atom stereocenters. The van der Waals surface area contributed by atoms with Gasteiger partial charge >= 0.3 is 0 Å². The van der Waals surface area contributed by atoms with Gasteiger partial charge in [-0.15, -0.1) is 11.3 Å². The number of nitrogen functional groups attached to an aromatic ring is 1. The lowest BCUT2D eigenvalue weighted by molar-refractivity contribution is 0.0922. The van der Waals surface area contributed by atoms with E-state index in [-0.39, 0.29) is 11.9 Å². The summed E-state index contributed by atoms with van der Waals surface area (Å²) in [5.74, 6) is -0.0253. The molecule has 0 atom stereocenters. The second-order valence-electron chi connectivity index (χ2n) is 5.85. The molecular weight excluding hydrogens is 282 g/mol. The maximum atomic E-state index is 12.5. The molecule has 2 aromatic rings. The van der Waals surface area contributed by atoms with E-state index in [2.05, 4.69) is 30.3 Å². The van der Waals surface area contributed by atoms with Crippen molar-refractivity contribution in [2.45, 2.75) is 25.8 Å². The van der Waals surface area contributed by atoms with Gasteiger partial charge in [0, 0.05) is 16.1 Å². The smallest absolute Gasteiger partial charge is 0.263 e. The number of benzene rings is 1. The number of amides is 1. The first-order valence-electron chi connectivity index (χ1n) is 7.33. The second kappa shape index (κ2) is 5.66. The highest BCUT2D eigenvalue weighted by Crippen LogP contribution is 2.35. The minimum atomic E-state index is -0.0253. The molecule has 0 spiro atoms. The average Bonchev–Trinajstić information content (AvgIpc) is 2.81. The van der Waals surface area contributed by atoms with Crippen molar-refractivity contribution in [1.82, 2.24) is 10.2 Å². The third-order valence-corrected chi connectivity index (χ3v) is 5.57. The van der Waals surface area contributed by atoms with Crippen LogP contribution in [0.25, 0.3) is 10.1 Å². The fraction of sp³-hybridized carbons (Fsp3) is 0.438. The number of hydrogen-bond acceptors (Lipinski definition) is 4. The summed E-state index contributed by atoms with van der Waals surface area (Å²) >= 11 is 1.50. The van der Waals surface area contributed by atoms with Crippen LogP contribution in [0, 0.1) is 6.92 Å². The van der Waals surface area contributed by atoms with Gasteiger partial charge in [-0.05, 0) is 45.5 Å². The van der Waals surface area contributed by atoms with Gasteiger partial charge in [0.1, 0.15) is 4.88 Å². The standard InChI is InChI=1S/C16H21N3OS/c1-10-4-3-5-12-13(17)15(21-14(10)12)16(20)18-11-6-8-19(2)9-7-11/h3-5,11H,6-9,17H2,1-2H3,(H,18,20). The van der Waals surface area contributed by atoms with Gasteiger partial charge in [0.05, 0.1) is 5.69 Å². The highest BCUT2D eigenvalue weighted by molar-refractivity contribution is 7.21. The van der Waals surface area contributed by atoms with Crippen LogP contribution in [0.1, 0.15) is 28.1 Å². The first-order valence-corrected chi connectivity index (χ1v) is 8.15. The summed E-state index contributed by atoms with van der Waals surface area (Å²) in [7, 11) is 2.12. The molecule has 4 nitrogen and oxygen atoms in total. The Morgan fingerprint density at radius 1 is 1.38 bits per heavy atom. The number of rotatable bonds is 2. The molecule has 21 heavy (non-hydrogen) atoms. The van der Waals surface area contributed by atoms with E-state index >= 15 is 0 Å². The van der Waals surface area contributed by atoms with E-state index < -0.39 is 0 Å². The van der Waals surface area contributed by atoms with E-state index in [4.69, 9.17) is 5.73 Å². The molecular formula is C16H21N3OS. The van der Waals surface area contributed by atoms with Crippen LogP contribution in [-0.2, 0) is 0 Å². The zero-order valence-corrected chi connectivity index (χ0v) is 13.3. The number of fused-ring (bicyclic) bond motifs is 1. The van der Waals surface area contributed by atoms with Gasteiger partial charge in [-0.25, -0.2) is 0 Å². The SMILES string of the molecule is Cc1cccc2c(N)c(C(=O)NC3CCN(C)CC3)sc12. The Labute approximate surface area is 128 Å². The maximum Gasteiger partial charge on any atom is 0.263 e. The maximum absolute atomic E-state index is 12.5. The second-order valence-corrected chi connectivity index (χ2v) is 6.87. The van der Waals surface area contributed by atoms with E-state index in [1.807, 2.05) is 12.1 Å². The number of nitrogens with two attached hydrogens (primary N) is 1. The predicted molar refractivity (Wildman–Crippen MR) is 89.0 cm³/mol. The minimum Gasteiger partial charge on any atom is -0.397 e. The topological polar surface area (TPSA) is 58.4 Å². The van der Waals surface area contributed by atoms with Crippen LogP contribution in [0.3, 0.4) is 0 Å². The number of anilines is 1. The molecule has 1 amide bonds. The van der Waals surface area contributed by atoms with Gasteiger partial charge < -0.3 is 16.0 Å². The molecule has 1 aliphatic rings. The number of thiophene rings is 1. The summed E-state index contributed by atoms with van der Waals surface area (Å²) in [5, 5.41) is 4.14. The average molecular weight is 303 g/mol. The molecule has 1 aromatic carbocycles. The zero-order valence-electron chi connectivity index (χ0n) is 12.5. The van der Waals surface area contributed by atoms with Crippen LogP contribution in [0.2, 0.25) is 0 Å². The van der Waals surface area contributed by atoms with Crippen molar-refractivity contribution in [2.75, 3.05) is 25.9 Å². The molecule has 0 aliphatic carbocycles. The Morgan fingerprint density at radius 3 is 2.76 bits per heavy atom. The highest BCUT2D eigenvalue weighted by atomic mass is 32.1. The molecule has 0 bridgehead atoms. The number of hydrogen-bond donors (Lipinski definition) is 2. The first kappa shape index (κ1) is 14.4. The van der Waals surface area contributed by atoms with Crippen molar-refractivity contribution in [2.24, 2.45) is 0 Å². The van der Waals surface area contributed by atoms with E-state index in [0.717, 1.165) is 36.0 Å². The van der Waals surface area contributed by atoms with Crippen molar-refractivity contribution in [1.29, 1.82) is 0 Å². The largest absolute Gasteiger partial charge is 0.397 e. The van der Waals surface area contributed by atoms with Crippen molar-refractivity contribution in [3.63, 3.8) is 0 Å². The molecule has 1 aromatic heterocycles. The van der Waals surface area contributed by atoms with Crippen LogP contribution >= 0.6 is 11.3 Å². The number of aryl methyl sites for hydroxylation is 1. The summed E-state index contributed by atoms with van der Waals surface area (Å²) in [5.41, 5.74) is 7.96. The van der Waals surface area contributed by atoms with Gasteiger partial charge in [-0.2, -0.15) is 0 Å². The number of nitrogens with zero attached hydrogens (tertiary/aromatic N) is 1. The first-order chi connectivity index (χ1) is 10.1. The number of carbonyl (C=O) groups excluding carboxylic acids is 1. The minimum absolute atomic E-state index is 0.0253. The number of likely N-dealkylation sites (tertiary alicyclic amines) is 1. The van der Waals surface area contributed by atoms with Crippen molar-refractivity contribution in [3.05, 3.63) is 28.6 Å². The third kappa shape index (κ3) is 2.76. The van der Waals surface area contributed by atoms with Crippen LogP contribution in [0.5, 0.6) is 0 Å². The Kier molecular flexibility index (Phi) is 3.87. The summed E-state index contributed by atoms with van der Waals surface area (Å²) < 4.78 is 1.11. The molecule has 0 radical (unpaired) electrons. The Hall–Kier alpha value is -1.59. The molecule has 0 saturated carbocycles. The predicted octanol–water partition coefficient (Wildman–Crippen LogP) is 2.62. The van der Waals surface area contributed by atoms with Gasteiger partial charge in [-0.1, -0.05) is 18.2 Å². The number of carbonyl (C=O) groups is 1. The number of nitrogens with one attached hydrogen (secondary N) is 1. The quantitative estimate of drug-likeness (QED) is 0.896. The van der Waals surface area contributed by atoms with E-state index in [0.29, 0.717) is 10.6 Å². The van der Waals surface area contributed by atoms with Gasteiger partial charge in [0.25, 0.3) is 5.91 Å². The van der Waals surface area contributed by atoms with Crippen LogP contribution in [0.4, 0.5) is 5.69 Å². The van der Waals surface area contributed by atoms with Gasteiger partial charge in [0.15, 0.2) is 0 Å². The summed E-state index contributed by atoms with van der Waals surface area (Å²) in [6.45, 7) is 4.12. The van der Waals surface area contributed by atoms with Crippen LogP contribution in [-0.4, -0.2) is 37.0 Å². The molecule has 2 heterocycles. The summed E-state index contributed by atoms with van der Waals surface area (Å²) in [4.78, 5) is 15.4. The third-order valence-electron chi connectivity index (χ3n) is 4.21. The van der Waals surface area contributed by atoms with E-state index in [1.54, 1.807) is 0 Å². The normalized spacial score (nSPS) is 17.2. The number of piperidine rings is 1. The van der Waals surface area contributed by atoms with Crippen LogP contribution < -0.4 is 11.1 Å². The van der Waals surface area contributed by atoms with Gasteiger partial charge in [0.2, 0.25) is 0 Å². The summed E-state index contributed by atoms with van der Waals surface area (Å²) in [6.07, 6.45) is 2.01. The molecule has 1 fully saturated rings. The van der Waals surface area contributed by atoms with E-state index in [1.165, 1.54) is 16.9 Å². The highest BCUT2D eigenvalue weighted by Gasteiger charge is 2.22. The fourth-order valence-electron chi connectivity index (χ4n) is 2.85. The Balaban J connectivity index is 1.82. The lowest BCUT2D eigenvalue weighted by Gasteiger charge is -2.29. The fourth-order valence-corrected chi connectivity index (χ4v) is 3.94. The Morgan fingerprint density at radius 2 is 2.10 bits per heavy atom. The molecule has 5 heteroatoms. The molecule has 1 aliphatic heterocycles. The molecule has 1 saturated heterocycles. The molecule has 3 N–H and O–H groups in total. The lowest BCUT2D eigenvalue weighted by Crippen LogP contribution is -2.43. The Bertz CT molecular complexity index is 671. The van der Waals surface area contributed by atoms with Gasteiger partial charge in [-0.3, -0.25) is 4.79 Å². The van der Waals surface area contributed by atoms with Crippen molar-refractivity contribution in [3.8, 4) is 0 Å². The van der Waals surface area contributed by atoms with Crippen LogP contribution in [0.15, 0.2) is 18.2 Å². The van der Waals surface area contributed by atoms with Crippen molar-refractivity contribution < 1.29 is 4.79 Å². The van der Waals surface area contributed by atoms with Crippen molar-refractivity contribution >= 4 is 33.0 Å². The molecule has 3 rings (SSSR count). The molecule has 112 valence electrons. The summed E-state index contributed by atoms with van der Waals surface area (Å²) in [6, 6.07) is 6.29.